The number of aromatic nitrogens is 2. The van der Waals surface area contributed by atoms with E-state index in [2.05, 4.69) is 32.4 Å². The first-order chi connectivity index (χ1) is 15.7. The maximum Gasteiger partial charge on any atom is 0.225 e. The normalized spacial score (nSPS) is 14.7. The number of carbonyl (C=O) groups is 1. The number of aromatic amines is 1. The van der Waals surface area contributed by atoms with Crippen molar-refractivity contribution in [1.29, 1.82) is 0 Å². The number of H-pyrrole nitrogens is 1. The Morgan fingerprint density at radius 3 is 2.82 bits per heavy atom. The molecular weight excluding hydrogens is 438 g/mol. The van der Waals surface area contributed by atoms with Gasteiger partial charge >= 0.3 is 0 Å². The van der Waals surface area contributed by atoms with Crippen molar-refractivity contribution < 1.29 is 4.79 Å². The van der Waals surface area contributed by atoms with E-state index in [-0.39, 0.29) is 17.8 Å². The van der Waals surface area contributed by atoms with E-state index in [4.69, 9.17) is 17.3 Å². The smallest absolute Gasteiger partial charge is 0.225 e. The number of hydrogen-bond donors (Lipinski definition) is 2. The van der Waals surface area contributed by atoms with Crippen molar-refractivity contribution in [2.75, 3.05) is 13.6 Å². The second-order valence-electron chi connectivity index (χ2n) is 8.56. The zero-order chi connectivity index (χ0) is 23.7. The molecule has 0 fully saturated rings. The van der Waals surface area contributed by atoms with Gasteiger partial charge in [-0.3, -0.25) is 9.89 Å². The molecule has 0 bridgehead atoms. The number of hydrogen-bond acceptors (Lipinski definition) is 4. The lowest BCUT2D eigenvalue weighted by atomic mass is 9.95. The molecule has 1 aromatic heterocycles. The van der Waals surface area contributed by atoms with Gasteiger partial charge in [0.05, 0.1) is 28.1 Å². The Bertz CT molecular complexity index is 1260. The topological polar surface area (TPSA) is 103 Å². The number of benzene rings is 2. The number of hydrazone groups is 1. The summed E-state index contributed by atoms with van der Waals surface area (Å²) < 4.78 is 0. The number of halogens is 1. The van der Waals surface area contributed by atoms with E-state index in [0.29, 0.717) is 17.3 Å². The van der Waals surface area contributed by atoms with Crippen molar-refractivity contribution in [1.82, 2.24) is 20.1 Å². The predicted octanol–water partition coefficient (Wildman–Crippen LogP) is 4.06. The second kappa shape index (κ2) is 9.23. The molecule has 0 saturated carbocycles. The molecule has 0 radical (unpaired) electrons. The molecular formula is C24H28ClN7O. The van der Waals surface area contributed by atoms with E-state index in [9.17, 15) is 4.79 Å². The maximum absolute atomic E-state index is 12.3. The van der Waals surface area contributed by atoms with Gasteiger partial charge in [0, 0.05) is 31.4 Å². The fraction of sp³-hybridized carbons (Fsp3) is 0.333. The zero-order valence-corrected chi connectivity index (χ0v) is 20.0. The van der Waals surface area contributed by atoms with Crippen LogP contribution in [0.2, 0.25) is 5.02 Å². The molecule has 0 aliphatic carbocycles. The SMILES string of the molecule is C/C(=N\N(C)C(N)=Nc1ccc2[nH]ncc2c1Cl)c1ccc2c(c1)CCN(C(=O)C(C)C)C2. The molecule has 0 unspecified atom stereocenters. The van der Waals surface area contributed by atoms with Crippen LogP contribution in [0, 0.1) is 5.92 Å². The molecule has 4 rings (SSSR count). The van der Waals surface area contributed by atoms with E-state index < -0.39 is 0 Å². The van der Waals surface area contributed by atoms with Gasteiger partial charge in [-0.05, 0) is 48.2 Å². The molecule has 0 spiro atoms. The van der Waals surface area contributed by atoms with Crippen LogP contribution in [0.4, 0.5) is 5.69 Å². The van der Waals surface area contributed by atoms with Crippen molar-refractivity contribution in [2.24, 2.45) is 21.7 Å². The molecule has 9 heteroatoms. The van der Waals surface area contributed by atoms with Gasteiger partial charge < -0.3 is 10.6 Å². The summed E-state index contributed by atoms with van der Waals surface area (Å²) in [7, 11) is 1.75. The number of nitrogens with one attached hydrogen (secondary N) is 1. The number of rotatable bonds is 4. The summed E-state index contributed by atoms with van der Waals surface area (Å²) >= 11 is 6.45. The summed E-state index contributed by atoms with van der Waals surface area (Å²) in [6.45, 7) is 7.22. The number of amides is 1. The summed E-state index contributed by atoms with van der Waals surface area (Å²) in [6.07, 6.45) is 2.50. The highest BCUT2D eigenvalue weighted by atomic mass is 35.5. The Balaban J connectivity index is 1.51. The number of nitrogens with zero attached hydrogens (tertiary/aromatic N) is 5. The summed E-state index contributed by atoms with van der Waals surface area (Å²) in [5.74, 6) is 0.435. The van der Waals surface area contributed by atoms with Gasteiger partial charge in [-0.15, -0.1) is 0 Å². The predicted molar refractivity (Wildman–Crippen MR) is 133 cm³/mol. The molecule has 0 saturated heterocycles. The fourth-order valence-corrected chi connectivity index (χ4v) is 4.17. The van der Waals surface area contributed by atoms with Crippen LogP contribution in [0.15, 0.2) is 46.6 Å². The van der Waals surface area contributed by atoms with Crippen LogP contribution in [0.1, 0.15) is 37.5 Å². The average Bonchev–Trinajstić information content (AvgIpc) is 3.29. The molecule has 172 valence electrons. The molecule has 33 heavy (non-hydrogen) atoms. The lowest BCUT2D eigenvalue weighted by Crippen LogP contribution is -2.38. The van der Waals surface area contributed by atoms with E-state index in [1.54, 1.807) is 19.3 Å². The average molecular weight is 466 g/mol. The zero-order valence-electron chi connectivity index (χ0n) is 19.3. The minimum Gasteiger partial charge on any atom is -0.368 e. The quantitative estimate of drug-likeness (QED) is 0.344. The van der Waals surface area contributed by atoms with E-state index in [1.165, 1.54) is 16.1 Å². The standard InChI is InChI=1S/C24H28ClN7O/c1-14(2)23(33)32-10-9-17-11-16(5-6-18(17)13-32)15(3)30-31(4)24(26)28-21-8-7-20-19(22(21)25)12-27-29-20/h5-8,11-12,14H,9-10,13H2,1-4H3,(H2,26,28)(H,27,29)/b30-15+. The van der Waals surface area contributed by atoms with Crippen LogP contribution in [0.25, 0.3) is 10.9 Å². The van der Waals surface area contributed by atoms with Crippen molar-refractivity contribution in [3.8, 4) is 0 Å². The first-order valence-corrected chi connectivity index (χ1v) is 11.3. The minimum atomic E-state index is 0.0133. The second-order valence-corrected chi connectivity index (χ2v) is 8.93. The van der Waals surface area contributed by atoms with Gasteiger partial charge in [0.15, 0.2) is 0 Å². The van der Waals surface area contributed by atoms with Crippen LogP contribution < -0.4 is 5.73 Å². The van der Waals surface area contributed by atoms with Crippen molar-refractivity contribution in [3.05, 3.63) is 58.2 Å². The van der Waals surface area contributed by atoms with Gasteiger partial charge in [-0.2, -0.15) is 10.2 Å². The van der Waals surface area contributed by atoms with Crippen molar-refractivity contribution in [2.45, 2.75) is 33.7 Å². The molecule has 1 aliphatic rings. The highest BCUT2D eigenvalue weighted by molar-refractivity contribution is 6.37. The van der Waals surface area contributed by atoms with Crippen molar-refractivity contribution >= 4 is 45.8 Å². The molecule has 3 N–H and O–H groups in total. The van der Waals surface area contributed by atoms with Gasteiger partial charge in [0.25, 0.3) is 0 Å². The number of nitrogens with two attached hydrogens (primary N) is 1. The van der Waals surface area contributed by atoms with E-state index in [1.807, 2.05) is 37.8 Å². The summed E-state index contributed by atoms with van der Waals surface area (Å²) in [5.41, 5.74) is 11.8. The Morgan fingerprint density at radius 2 is 2.06 bits per heavy atom. The van der Waals surface area contributed by atoms with Gasteiger partial charge in [0.1, 0.15) is 0 Å². The van der Waals surface area contributed by atoms with Gasteiger partial charge in [-0.25, -0.2) is 10.0 Å². The molecule has 0 atom stereocenters. The molecule has 1 amide bonds. The van der Waals surface area contributed by atoms with Gasteiger partial charge in [-0.1, -0.05) is 37.6 Å². The Labute approximate surface area is 198 Å². The van der Waals surface area contributed by atoms with Crippen LogP contribution in [-0.4, -0.2) is 51.3 Å². The fourth-order valence-electron chi connectivity index (χ4n) is 3.92. The first kappa shape index (κ1) is 22.8. The molecule has 2 aromatic carbocycles. The minimum absolute atomic E-state index is 0.0133. The Morgan fingerprint density at radius 1 is 1.27 bits per heavy atom. The largest absolute Gasteiger partial charge is 0.368 e. The van der Waals surface area contributed by atoms with Gasteiger partial charge in [0.2, 0.25) is 11.9 Å². The molecule has 8 nitrogen and oxygen atoms in total. The monoisotopic (exact) mass is 465 g/mol. The summed E-state index contributed by atoms with van der Waals surface area (Å²) in [5, 5.41) is 14.3. The van der Waals surface area contributed by atoms with Crippen LogP contribution in [0.3, 0.4) is 0 Å². The number of carbonyl (C=O) groups excluding carboxylic acids is 1. The number of aliphatic imine (C=N–C) groups is 1. The molecule has 1 aliphatic heterocycles. The molecule has 2 heterocycles. The van der Waals surface area contributed by atoms with Crippen molar-refractivity contribution in [3.63, 3.8) is 0 Å². The number of guanidine groups is 1. The third kappa shape index (κ3) is 4.71. The maximum atomic E-state index is 12.3. The lowest BCUT2D eigenvalue weighted by Gasteiger charge is -2.30. The van der Waals surface area contributed by atoms with E-state index in [0.717, 1.165) is 35.1 Å². The van der Waals surface area contributed by atoms with Crippen LogP contribution >= 0.6 is 11.6 Å². The summed E-state index contributed by atoms with van der Waals surface area (Å²) in [4.78, 5) is 18.7. The molecule has 3 aromatic rings. The van der Waals surface area contributed by atoms with Crippen LogP contribution in [-0.2, 0) is 17.8 Å². The lowest BCUT2D eigenvalue weighted by molar-refractivity contribution is -0.135. The Hall–Kier alpha value is -3.39. The highest BCUT2D eigenvalue weighted by Crippen LogP contribution is 2.32. The first-order valence-electron chi connectivity index (χ1n) is 10.9. The number of fused-ring (bicyclic) bond motifs is 2. The third-order valence-electron chi connectivity index (χ3n) is 5.85. The highest BCUT2D eigenvalue weighted by Gasteiger charge is 2.22. The third-order valence-corrected chi connectivity index (χ3v) is 6.24. The van der Waals surface area contributed by atoms with Crippen LogP contribution in [0.5, 0.6) is 0 Å². The summed E-state index contributed by atoms with van der Waals surface area (Å²) in [6, 6.07) is 9.91. The Kier molecular flexibility index (Phi) is 6.37. The van der Waals surface area contributed by atoms with E-state index >= 15 is 0 Å².